The van der Waals surface area contributed by atoms with Crippen molar-refractivity contribution in [2.75, 3.05) is 39.3 Å². The Bertz CT molecular complexity index is 450. The van der Waals surface area contributed by atoms with Gasteiger partial charge in [-0.25, -0.2) is 0 Å². The lowest BCUT2D eigenvalue weighted by Crippen LogP contribution is -2.44. The maximum absolute atomic E-state index is 6.12. The topological polar surface area (TPSA) is 40.1 Å². The van der Waals surface area contributed by atoms with Crippen LogP contribution in [0.15, 0.2) is 4.99 Å². The summed E-state index contributed by atoms with van der Waals surface area (Å²) in [4.78, 5) is 10.2. The van der Waals surface area contributed by atoms with Crippen LogP contribution in [0.4, 0.5) is 0 Å². The minimum Gasteiger partial charge on any atom is -0.374 e. The van der Waals surface area contributed by atoms with E-state index in [1.54, 1.807) is 0 Å². The monoisotopic (exact) mass is 334 g/mol. The molecule has 136 valence electrons. The van der Waals surface area contributed by atoms with Crippen LogP contribution in [0.25, 0.3) is 0 Å². The molecule has 4 aliphatic heterocycles. The van der Waals surface area contributed by atoms with Crippen LogP contribution in [-0.2, 0) is 4.74 Å². The third-order valence-corrected chi connectivity index (χ3v) is 6.69. The van der Waals surface area contributed by atoms with Gasteiger partial charge in [0.25, 0.3) is 0 Å². The Kier molecular flexibility index (Phi) is 5.00. The molecule has 0 spiro atoms. The van der Waals surface area contributed by atoms with Crippen LogP contribution >= 0.6 is 0 Å². The van der Waals surface area contributed by atoms with E-state index in [2.05, 4.69) is 29.0 Å². The molecule has 4 fully saturated rings. The van der Waals surface area contributed by atoms with Gasteiger partial charge in [0.15, 0.2) is 5.96 Å². The summed E-state index contributed by atoms with van der Waals surface area (Å²) in [5.74, 6) is 2.64. The molecule has 5 atom stereocenters. The molecule has 4 rings (SSSR count). The molecule has 1 N–H and O–H groups in total. The molecule has 2 bridgehead atoms. The second-order valence-corrected chi connectivity index (χ2v) is 8.00. The fraction of sp³-hybridized carbons (Fsp3) is 0.947. The second kappa shape index (κ2) is 7.20. The molecule has 4 heterocycles. The highest BCUT2D eigenvalue weighted by Crippen LogP contribution is 2.47. The summed E-state index contributed by atoms with van der Waals surface area (Å²) in [6, 6.07) is 0.638. The Hall–Kier alpha value is -0.810. The smallest absolute Gasteiger partial charge is 0.193 e. The van der Waals surface area contributed by atoms with Gasteiger partial charge in [0.1, 0.15) is 0 Å². The van der Waals surface area contributed by atoms with Crippen molar-refractivity contribution in [3.05, 3.63) is 0 Å². The van der Waals surface area contributed by atoms with Gasteiger partial charge in [0, 0.05) is 37.5 Å². The van der Waals surface area contributed by atoms with E-state index in [1.807, 2.05) is 0 Å². The fourth-order valence-corrected chi connectivity index (χ4v) is 5.43. The van der Waals surface area contributed by atoms with Crippen molar-refractivity contribution in [3.63, 3.8) is 0 Å². The van der Waals surface area contributed by atoms with E-state index in [0.29, 0.717) is 18.2 Å². The Morgan fingerprint density at radius 1 is 1.08 bits per heavy atom. The average molecular weight is 335 g/mol. The third-order valence-electron chi connectivity index (χ3n) is 6.69. The molecule has 5 unspecified atom stereocenters. The lowest BCUT2D eigenvalue weighted by Gasteiger charge is -2.34. The van der Waals surface area contributed by atoms with Gasteiger partial charge in [-0.05, 0) is 45.7 Å². The van der Waals surface area contributed by atoms with Crippen molar-refractivity contribution < 1.29 is 4.74 Å². The molecular weight excluding hydrogens is 300 g/mol. The van der Waals surface area contributed by atoms with Crippen LogP contribution in [0.2, 0.25) is 0 Å². The van der Waals surface area contributed by atoms with Gasteiger partial charge >= 0.3 is 0 Å². The summed E-state index contributed by atoms with van der Waals surface area (Å²) in [5, 5.41) is 3.55. The van der Waals surface area contributed by atoms with Crippen LogP contribution in [0.1, 0.15) is 46.0 Å². The predicted molar refractivity (Wildman–Crippen MR) is 97.3 cm³/mol. The zero-order chi connectivity index (χ0) is 16.5. The number of rotatable bonds is 4. The number of guanidine groups is 1. The molecule has 0 amide bonds. The van der Waals surface area contributed by atoms with E-state index in [1.165, 1.54) is 38.6 Å². The van der Waals surface area contributed by atoms with Crippen molar-refractivity contribution in [1.29, 1.82) is 0 Å². The Morgan fingerprint density at radius 2 is 1.83 bits per heavy atom. The number of likely N-dealkylation sites (tertiary alicyclic amines) is 2. The van der Waals surface area contributed by atoms with Gasteiger partial charge < -0.3 is 15.0 Å². The lowest BCUT2D eigenvalue weighted by atomic mass is 9.82. The largest absolute Gasteiger partial charge is 0.374 e. The van der Waals surface area contributed by atoms with E-state index in [-0.39, 0.29) is 0 Å². The molecule has 5 nitrogen and oxygen atoms in total. The molecule has 5 heteroatoms. The van der Waals surface area contributed by atoms with Crippen LogP contribution in [0, 0.1) is 11.8 Å². The van der Waals surface area contributed by atoms with Crippen molar-refractivity contribution in [1.82, 2.24) is 15.1 Å². The first-order chi connectivity index (χ1) is 11.8. The SMILES string of the molecule is CCNC(=NCC1CCCCN1CC)N1CC2C3CCC(O3)C2C1. The van der Waals surface area contributed by atoms with E-state index < -0.39 is 0 Å². The maximum atomic E-state index is 6.12. The molecule has 4 aliphatic rings. The fourth-order valence-electron chi connectivity index (χ4n) is 5.43. The number of aliphatic imine (C=N–C) groups is 1. The van der Waals surface area contributed by atoms with Crippen molar-refractivity contribution in [3.8, 4) is 0 Å². The highest BCUT2D eigenvalue weighted by molar-refractivity contribution is 5.80. The number of likely N-dealkylation sites (N-methyl/N-ethyl adjacent to an activating group) is 1. The first kappa shape index (κ1) is 16.6. The summed E-state index contributed by atoms with van der Waals surface area (Å²) >= 11 is 0. The first-order valence-corrected chi connectivity index (χ1v) is 10.2. The van der Waals surface area contributed by atoms with Gasteiger partial charge in [-0.2, -0.15) is 0 Å². The number of fused-ring (bicyclic) bond motifs is 5. The zero-order valence-electron chi connectivity index (χ0n) is 15.4. The highest BCUT2D eigenvalue weighted by atomic mass is 16.5. The second-order valence-electron chi connectivity index (χ2n) is 8.00. The average Bonchev–Trinajstić information content (AvgIpc) is 3.31. The van der Waals surface area contributed by atoms with E-state index in [4.69, 9.17) is 9.73 Å². The third kappa shape index (κ3) is 3.05. The molecule has 0 aliphatic carbocycles. The van der Waals surface area contributed by atoms with Crippen molar-refractivity contribution in [2.24, 2.45) is 16.8 Å². The van der Waals surface area contributed by atoms with Crippen molar-refractivity contribution in [2.45, 2.75) is 64.2 Å². The molecule has 0 radical (unpaired) electrons. The maximum Gasteiger partial charge on any atom is 0.193 e. The molecule has 0 aromatic heterocycles. The Balaban J connectivity index is 1.40. The summed E-state index contributed by atoms with van der Waals surface area (Å²) < 4.78 is 6.12. The minimum absolute atomic E-state index is 0.529. The molecule has 0 saturated carbocycles. The number of piperidine rings is 1. The zero-order valence-corrected chi connectivity index (χ0v) is 15.4. The van der Waals surface area contributed by atoms with Gasteiger partial charge in [-0.1, -0.05) is 13.3 Å². The van der Waals surface area contributed by atoms with E-state index >= 15 is 0 Å². The normalized spacial score (nSPS) is 39.5. The van der Waals surface area contributed by atoms with Crippen LogP contribution in [-0.4, -0.2) is 73.3 Å². The summed E-state index contributed by atoms with van der Waals surface area (Å²) in [7, 11) is 0. The predicted octanol–water partition coefficient (Wildman–Crippen LogP) is 1.94. The van der Waals surface area contributed by atoms with Crippen LogP contribution in [0.3, 0.4) is 0 Å². The Labute approximate surface area is 146 Å². The lowest BCUT2D eigenvalue weighted by molar-refractivity contribution is 0.0766. The van der Waals surface area contributed by atoms with Gasteiger partial charge in [-0.15, -0.1) is 0 Å². The highest BCUT2D eigenvalue weighted by Gasteiger charge is 2.53. The summed E-state index contributed by atoms with van der Waals surface area (Å²) in [5.41, 5.74) is 0. The van der Waals surface area contributed by atoms with Gasteiger partial charge in [0.05, 0.1) is 18.8 Å². The summed E-state index contributed by atoms with van der Waals surface area (Å²) in [6.45, 7) is 11.1. The Morgan fingerprint density at radius 3 is 2.50 bits per heavy atom. The number of ether oxygens (including phenoxy) is 1. The molecule has 0 aromatic carbocycles. The minimum atomic E-state index is 0.529. The van der Waals surface area contributed by atoms with E-state index in [9.17, 15) is 0 Å². The molecular formula is C19H34N4O. The number of hydrogen-bond donors (Lipinski definition) is 1. The number of nitrogens with one attached hydrogen (secondary N) is 1. The standard InChI is InChI=1S/C19H34N4O/c1-3-20-19(21-11-14-7-5-6-10-22(14)4-2)23-12-15-16(13-23)18-9-8-17(15)24-18/h14-18H,3-13H2,1-2H3,(H,20,21). The van der Waals surface area contributed by atoms with Crippen molar-refractivity contribution >= 4 is 5.96 Å². The van der Waals surface area contributed by atoms with E-state index in [0.717, 1.165) is 50.5 Å². The quantitative estimate of drug-likeness (QED) is 0.630. The van der Waals surface area contributed by atoms with Gasteiger partial charge in [0.2, 0.25) is 0 Å². The molecule has 4 saturated heterocycles. The number of nitrogens with zero attached hydrogens (tertiary/aromatic N) is 3. The first-order valence-electron chi connectivity index (χ1n) is 10.2. The molecule has 0 aromatic rings. The van der Waals surface area contributed by atoms with Crippen LogP contribution in [0.5, 0.6) is 0 Å². The summed E-state index contributed by atoms with van der Waals surface area (Å²) in [6.07, 6.45) is 7.64. The van der Waals surface area contributed by atoms with Gasteiger partial charge in [-0.3, -0.25) is 9.89 Å². The molecule has 24 heavy (non-hydrogen) atoms. The number of hydrogen-bond acceptors (Lipinski definition) is 3. The van der Waals surface area contributed by atoms with Crippen LogP contribution < -0.4 is 5.32 Å².